The van der Waals surface area contributed by atoms with E-state index in [-0.39, 0.29) is 11.9 Å². The van der Waals surface area contributed by atoms with Crippen molar-refractivity contribution in [1.82, 2.24) is 10.2 Å². The molecule has 0 radical (unpaired) electrons. The SMILES string of the molecule is O=C1NC2(CCOCC2)C(=O)N1CCCBr. The molecule has 2 aliphatic rings. The maximum Gasteiger partial charge on any atom is 0.325 e. The van der Waals surface area contributed by atoms with Crippen LogP contribution in [0.15, 0.2) is 0 Å². The summed E-state index contributed by atoms with van der Waals surface area (Å²) < 4.78 is 5.23. The summed E-state index contributed by atoms with van der Waals surface area (Å²) in [5.41, 5.74) is -0.679. The van der Waals surface area contributed by atoms with Gasteiger partial charge in [0.25, 0.3) is 5.91 Å². The average Bonchev–Trinajstić information content (AvgIpc) is 2.50. The molecule has 16 heavy (non-hydrogen) atoms. The molecular formula is C10H15BrN2O3. The quantitative estimate of drug-likeness (QED) is 0.620. The van der Waals surface area contributed by atoms with Crippen LogP contribution in [-0.4, -0.2) is 47.5 Å². The van der Waals surface area contributed by atoms with Crippen LogP contribution in [0.5, 0.6) is 0 Å². The van der Waals surface area contributed by atoms with E-state index >= 15 is 0 Å². The summed E-state index contributed by atoms with van der Waals surface area (Å²) in [7, 11) is 0. The zero-order valence-corrected chi connectivity index (χ0v) is 10.6. The van der Waals surface area contributed by atoms with Crippen molar-refractivity contribution >= 4 is 27.9 Å². The first kappa shape index (κ1) is 11.9. The number of alkyl halides is 1. The molecule has 6 heteroatoms. The maximum atomic E-state index is 12.2. The zero-order valence-electron chi connectivity index (χ0n) is 9.00. The highest BCUT2D eigenvalue weighted by molar-refractivity contribution is 9.09. The number of imide groups is 1. The number of urea groups is 1. The minimum atomic E-state index is -0.679. The van der Waals surface area contributed by atoms with Crippen molar-refractivity contribution in [3.63, 3.8) is 0 Å². The molecule has 0 aromatic rings. The molecule has 2 saturated heterocycles. The molecule has 0 aromatic heterocycles. The standard InChI is InChI=1S/C10H15BrN2O3/c11-4-1-5-13-8(14)10(12-9(13)15)2-6-16-7-3-10/h1-7H2,(H,12,15). The molecule has 2 rings (SSSR count). The molecule has 2 fully saturated rings. The minimum absolute atomic E-state index is 0.0817. The van der Waals surface area contributed by atoms with E-state index in [1.165, 1.54) is 4.90 Å². The summed E-state index contributed by atoms with van der Waals surface area (Å²) in [6.07, 6.45) is 1.95. The Balaban J connectivity index is 2.08. The molecule has 1 N–H and O–H groups in total. The summed E-state index contributed by atoms with van der Waals surface area (Å²) in [6, 6.07) is -0.257. The van der Waals surface area contributed by atoms with Crippen LogP contribution >= 0.6 is 15.9 Å². The fraction of sp³-hybridized carbons (Fsp3) is 0.800. The summed E-state index contributed by atoms with van der Waals surface area (Å²) >= 11 is 3.29. The highest BCUT2D eigenvalue weighted by Crippen LogP contribution is 2.28. The van der Waals surface area contributed by atoms with Gasteiger partial charge >= 0.3 is 6.03 Å². The van der Waals surface area contributed by atoms with E-state index in [1.54, 1.807) is 0 Å². The van der Waals surface area contributed by atoms with Crippen molar-refractivity contribution < 1.29 is 14.3 Å². The van der Waals surface area contributed by atoms with E-state index in [4.69, 9.17) is 4.74 Å². The van der Waals surface area contributed by atoms with Gasteiger partial charge in [0.15, 0.2) is 0 Å². The third kappa shape index (κ3) is 1.96. The molecule has 0 unspecified atom stereocenters. The van der Waals surface area contributed by atoms with Gasteiger partial charge in [-0.2, -0.15) is 0 Å². The average molecular weight is 291 g/mol. The molecule has 0 atom stereocenters. The molecule has 1 spiro atoms. The van der Waals surface area contributed by atoms with Crippen molar-refractivity contribution in [1.29, 1.82) is 0 Å². The predicted octanol–water partition coefficient (Wildman–Crippen LogP) is 0.872. The van der Waals surface area contributed by atoms with Crippen LogP contribution in [0.3, 0.4) is 0 Å². The zero-order chi connectivity index (χ0) is 11.6. The summed E-state index contributed by atoms with van der Waals surface area (Å²) in [6.45, 7) is 1.56. The first-order valence-electron chi connectivity index (χ1n) is 5.47. The number of carbonyl (C=O) groups is 2. The van der Waals surface area contributed by atoms with E-state index < -0.39 is 5.54 Å². The Morgan fingerprint density at radius 1 is 1.38 bits per heavy atom. The van der Waals surface area contributed by atoms with Gasteiger partial charge in [0.1, 0.15) is 5.54 Å². The fourth-order valence-corrected chi connectivity index (χ4v) is 2.41. The Morgan fingerprint density at radius 3 is 2.69 bits per heavy atom. The van der Waals surface area contributed by atoms with Crippen LogP contribution < -0.4 is 5.32 Å². The molecule has 0 aliphatic carbocycles. The monoisotopic (exact) mass is 290 g/mol. The third-order valence-corrected chi connectivity index (χ3v) is 3.67. The molecule has 3 amide bonds. The van der Waals surface area contributed by atoms with E-state index in [9.17, 15) is 9.59 Å². The third-order valence-electron chi connectivity index (χ3n) is 3.11. The largest absolute Gasteiger partial charge is 0.381 e. The number of ether oxygens (including phenoxy) is 1. The molecular weight excluding hydrogens is 276 g/mol. The van der Waals surface area contributed by atoms with Crippen molar-refractivity contribution in [3.05, 3.63) is 0 Å². The first-order chi connectivity index (χ1) is 7.69. The maximum absolute atomic E-state index is 12.2. The van der Waals surface area contributed by atoms with Gasteiger partial charge in [-0.25, -0.2) is 4.79 Å². The lowest BCUT2D eigenvalue weighted by molar-refractivity contribution is -0.134. The lowest BCUT2D eigenvalue weighted by atomic mass is 9.90. The van der Waals surface area contributed by atoms with Crippen LogP contribution in [0.4, 0.5) is 4.79 Å². The Kier molecular flexibility index (Phi) is 3.49. The molecule has 0 bridgehead atoms. The van der Waals surface area contributed by atoms with Gasteiger partial charge in [-0.05, 0) is 6.42 Å². The van der Waals surface area contributed by atoms with Gasteiger partial charge in [-0.1, -0.05) is 15.9 Å². The van der Waals surface area contributed by atoms with Crippen LogP contribution in [0.2, 0.25) is 0 Å². The van der Waals surface area contributed by atoms with E-state index in [1.807, 2.05) is 0 Å². The number of carbonyl (C=O) groups excluding carboxylic acids is 2. The van der Waals surface area contributed by atoms with Gasteiger partial charge < -0.3 is 10.1 Å². The van der Waals surface area contributed by atoms with Crippen LogP contribution in [-0.2, 0) is 9.53 Å². The number of nitrogens with zero attached hydrogens (tertiary/aromatic N) is 1. The normalized spacial score (nSPS) is 23.9. The number of hydrogen-bond acceptors (Lipinski definition) is 3. The molecule has 0 aromatic carbocycles. The van der Waals surface area contributed by atoms with Gasteiger partial charge in [-0.3, -0.25) is 9.69 Å². The Labute approximate surface area is 103 Å². The fourth-order valence-electron chi connectivity index (χ4n) is 2.16. The highest BCUT2D eigenvalue weighted by Gasteiger charge is 2.51. The number of hydrogen-bond donors (Lipinski definition) is 1. The van der Waals surface area contributed by atoms with Crippen molar-refractivity contribution in [2.45, 2.75) is 24.8 Å². The lowest BCUT2D eigenvalue weighted by Crippen LogP contribution is -2.51. The summed E-state index contributed by atoms with van der Waals surface area (Å²) in [4.78, 5) is 25.2. The van der Waals surface area contributed by atoms with Gasteiger partial charge in [0.05, 0.1) is 0 Å². The van der Waals surface area contributed by atoms with Gasteiger partial charge in [-0.15, -0.1) is 0 Å². The topological polar surface area (TPSA) is 58.6 Å². The van der Waals surface area contributed by atoms with E-state index in [0.29, 0.717) is 32.6 Å². The number of rotatable bonds is 3. The smallest absolute Gasteiger partial charge is 0.325 e. The van der Waals surface area contributed by atoms with Crippen LogP contribution in [0, 0.1) is 0 Å². The van der Waals surface area contributed by atoms with Gasteiger partial charge in [0.2, 0.25) is 0 Å². The van der Waals surface area contributed by atoms with Crippen LogP contribution in [0.25, 0.3) is 0 Å². The minimum Gasteiger partial charge on any atom is -0.381 e. The molecule has 2 heterocycles. The van der Waals surface area contributed by atoms with E-state index in [0.717, 1.165) is 11.8 Å². The Bertz CT molecular complexity index is 302. The Hall–Kier alpha value is -0.620. The van der Waals surface area contributed by atoms with Crippen molar-refractivity contribution in [3.8, 4) is 0 Å². The predicted molar refractivity (Wildman–Crippen MR) is 61.4 cm³/mol. The second-order valence-electron chi connectivity index (χ2n) is 4.12. The summed E-state index contributed by atoms with van der Waals surface area (Å²) in [5.74, 6) is -0.0817. The van der Waals surface area contributed by atoms with Crippen molar-refractivity contribution in [2.24, 2.45) is 0 Å². The number of nitrogens with one attached hydrogen (secondary N) is 1. The molecule has 2 aliphatic heterocycles. The summed E-state index contributed by atoms with van der Waals surface area (Å²) in [5, 5.41) is 3.61. The highest BCUT2D eigenvalue weighted by atomic mass is 79.9. The lowest BCUT2D eigenvalue weighted by Gasteiger charge is -2.30. The molecule has 0 saturated carbocycles. The Morgan fingerprint density at radius 2 is 2.06 bits per heavy atom. The second-order valence-corrected chi connectivity index (χ2v) is 4.92. The number of halogens is 1. The second kappa shape index (κ2) is 4.71. The van der Waals surface area contributed by atoms with Crippen molar-refractivity contribution in [2.75, 3.05) is 25.1 Å². The van der Waals surface area contributed by atoms with Crippen LogP contribution in [0.1, 0.15) is 19.3 Å². The molecule has 5 nitrogen and oxygen atoms in total. The molecule has 90 valence electrons. The van der Waals surface area contributed by atoms with Gasteiger partial charge in [0, 0.05) is 37.9 Å². The first-order valence-corrected chi connectivity index (χ1v) is 6.59. The van der Waals surface area contributed by atoms with E-state index in [2.05, 4.69) is 21.2 Å². The number of amides is 3.